The summed E-state index contributed by atoms with van der Waals surface area (Å²) in [5.74, 6) is 0. The molecule has 0 unspecified atom stereocenters. The summed E-state index contributed by atoms with van der Waals surface area (Å²) in [6, 6.07) is 0. The van der Waals surface area contributed by atoms with Crippen molar-refractivity contribution in [3.05, 3.63) is 24.3 Å². The zero-order valence-corrected chi connectivity index (χ0v) is 9.24. The molecule has 0 aromatic heterocycles. The third-order valence-corrected chi connectivity index (χ3v) is 2.16. The largest absolute Gasteiger partial charge is 0.299 e. The van der Waals surface area contributed by atoms with Gasteiger partial charge in [-0.25, -0.2) is 0 Å². The normalized spacial score (nSPS) is 11.5. The Balaban J connectivity index is 3.08. The van der Waals surface area contributed by atoms with Gasteiger partial charge in [0.15, 0.2) is 0 Å². The second kappa shape index (κ2) is 12.2. The summed E-state index contributed by atoms with van der Waals surface area (Å²) in [5, 5.41) is 0. The molecule has 0 atom stereocenters. The van der Waals surface area contributed by atoms with E-state index in [0.29, 0.717) is 0 Å². The third-order valence-electron chi connectivity index (χ3n) is 2.16. The lowest BCUT2D eigenvalue weighted by Gasteiger charge is -1.97. The molecule has 0 radical (unpaired) electrons. The fourth-order valence-corrected chi connectivity index (χ4v) is 1.33. The van der Waals surface area contributed by atoms with Gasteiger partial charge in [-0.2, -0.15) is 0 Å². The highest BCUT2D eigenvalue weighted by atomic mass is 16.1. The smallest absolute Gasteiger partial charge is 0.142 e. The van der Waals surface area contributed by atoms with Crippen LogP contribution in [-0.2, 0) is 4.79 Å². The Morgan fingerprint density at radius 2 is 1.57 bits per heavy atom. The van der Waals surface area contributed by atoms with Crippen molar-refractivity contribution in [3.8, 4) is 0 Å². The molecule has 0 aromatic carbocycles. The Morgan fingerprint density at radius 3 is 2.29 bits per heavy atom. The molecule has 0 aromatic rings. The summed E-state index contributed by atoms with van der Waals surface area (Å²) in [7, 11) is 0. The lowest BCUT2D eigenvalue weighted by molar-refractivity contribution is -0.104. The number of unbranched alkanes of at least 4 members (excludes halogenated alkanes) is 6. The van der Waals surface area contributed by atoms with E-state index in [2.05, 4.69) is 13.0 Å². The summed E-state index contributed by atoms with van der Waals surface area (Å²) in [6.07, 6.45) is 17.3. The first kappa shape index (κ1) is 13.2. The maximum absolute atomic E-state index is 9.92. The third kappa shape index (κ3) is 11.2. The summed E-state index contributed by atoms with van der Waals surface area (Å²) >= 11 is 0. The highest BCUT2D eigenvalue weighted by molar-refractivity contribution is 5.65. The van der Waals surface area contributed by atoms with Crippen molar-refractivity contribution in [3.63, 3.8) is 0 Å². The molecule has 0 spiro atoms. The Labute approximate surface area is 87.9 Å². The molecule has 0 aliphatic rings. The van der Waals surface area contributed by atoms with E-state index in [1.807, 2.05) is 6.08 Å². The van der Waals surface area contributed by atoms with E-state index in [4.69, 9.17) is 0 Å². The standard InChI is InChI=1S/C13H22O/c1-2-3-4-5-6-7-8-9-10-11-12-13-14/h9-13H,2-8H2,1H3. The van der Waals surface area contributed by atoms with E-state index in [9.17, 15) is 4.79 Å². The molecule has 1 heteroatoms. The van der Waals surface area contributed by atoms with Crippen LogP contribution in [0.5, 0.6) is 0 Å². The lowest BCUT2D eigenvalue weighted by atomic mass is 10.1. The number of carbonyl (C=O) groups is 1. The molecule has 0 heterocycles. The number of aldehydes is 1. The second-order valence-electron chi connectivity index (χ2n) is 3.51. The predicted molar refractivity (Wildman–Crippen MR) is 62.3 cm³/mol. The van der Waals surface area contributed by atoms with Crippen molar-refractivity contribution in [2.45, 2.75) is 51.9 Å². The Bertz CT molecular complexity index is 168. The minimum absolute atomic E-state index is 0.801. The number of rotatable bonds is 9. The molecule has 0 aliphatic heterocycles. The minimum Gasteiger partial charge on any atom is -0.299 e. The van der Waals surface area contributed by atoms with Crippen LogP contribution in [0.3, 0.4) is 0 Å². The zero-order chi connectivity index (χ0) is 10.5. The van der Waals surface area contributed by atoms with Crippen LogP contribution in [0.25, 0.3) is 0 Å². The quantitative estimate of drug-likeness (QED) is 0.234. The SMILES string of the molecule is CCCCCCCCC=CC=CC=O. The molecule has 14 heavy (non-hydrogen) atoms. The van der Waals surface area contributed by atoms with E-state index in [0.717, 1.165) is 12.7 Å². The minimum atomic E-state index is 0.801. The Hall–Kier alpha value is -0.850. The fraction of sp³-hybridized carbons (Fsp3) is 0.615. The van der Waals surface area contributed by atoms with Crippen molar-refractivity contribution in [1.82, 2.24) is 0 Å². The van der Waals surface area contributed by atoms with Crippen molar-refractivity contribution in [2.75, 3.05) is 0 Å². The Morgan fingerprint density at radius 1 is 0.857 bits per heavy atom. The molecule has 0 bridgehead atoms. The lowest BCUT2D eigenvalue weighted by Crippen LogP contribution is -1.77. The zero-order valence-electron chi connectivity index (χ0n) is 9.24. The van der Waals surface area contributed by atoms with Gasteiger partial charge in [-0.05, 0) is 18.9 Å². The van der Waals surface area contributed by atoms with Crippen LogP contribution in [0.4, 0.5) is 0 Å². The first-order valence-corrected chi connectivity index (χ1v) is 5.68. The second-order valence-corrected chi connectivity index (χ2v) is 3.51. The molecule has 0 amide bonds. The first-order chi connectivity index (χ1) is 6.91. The Kier molecular flexibility index (Phi) is 11.4. The molecular weight excluding hydrogens is 172 g/mol. The van der Waals surface area contributed by atoms with Crippen LogP contribution in [0, 0.1) is 0 Å². The van der Waals surface area contributed by atoms with Gasteiger partial charge >= 0.3 is 0 Å². The van der Waals surface area contributed by atoms with Gasteiger partial charge in [-0.1, -0.05) is 57.3 Å². The van der Waals surface area contributed by atoms with Crippen molar-refractivity contribution < 1.29 is 4.79 Å². The van der Waals surface area contributed by atoms with Crippen molar-refractivity contribution in [2.24, 2.45) is 0 Å². The number of allylic oxidation sites excluding steroid dienone is 4. The summed E-state index contributed by atoms with van der Waals surface area (Å²) in [5.41, 5.74) is 0. The number of carbonyl (C=O) groups excluding carboxylic acids is 1. The van der Waals surface area contributed by atoms with E-state index >= 15 is 0 Å². The van der Waals surface area contributed by atoms with Gasteiger partial charge in [0.25, 0.3) is 0 Å². The van der Waals surface area contributed by atoms with Gasteiger partial charge in [0.2, 0.25) is 0 Å². The molecular formula is C13H22O. The average molecular weight is 194 g/mol. The molecule has 0 saturated carbocycles. The fourth-order valence-electron chi connectivity index (χ4n) is 1.33. The molecule has 0 saturated heterocycles. The topological polar surface area (TPSA) is 17.1 Å². The van der Waals surface area contributed by atoms with E-state index in [1.165, 1.54) is 44.6 Å². The summed E-state index contributed by atoms with van der Waals surface area (Å²) < 4.78 is 0. The molecule has 0 N–H and O–H groups in total. The molecule has 0 rings (SSSR count). The van der Waals surface area contributed by atoms with Crippen LogP contribution in [-0.4, -0.2) is 6.29 Å². The van der Waals surface area contributed by atoms with Gasteiger partial charge in [0.1, 0.15) is 6.29 Å². The predicted octanol–water partition coefficient (Wildman–Crippen LogP) is 4.05. The molecule has 1 nitrogen and oxygen atoms in total. The van der Waals surface area contributed by atoms with Crippen LogP contribution >= 0.6 is 0 Å². The van der Waals surface area contributed by atoms with Gasteiger partial charge in [-0.3, -0.25) is 4.79 Å². The average Bonchev–Trinajstić information content (AvgIpc) is 2.21. The van der Waals surface area contributed by atoms with E-state index < -0.39 is 0 Å². The van der Waals surface area contributed by atoms with Gasteiger partial charge in [0.05, 0.1) is 0 Å². The van der Waals surface area contributed by atoms with E-state index in [1.54, 1.807) is 6.08 Å². The van der Waals surface area contributed by atoms with Gasteiger partial charge in [0, 0.05) is 0 Å². The van der Waals surface area contributed by atoms with Crippen LogP contribution in [0.15, 0.2) is 24.3 Å². The number of hydrogen-bond donors (Lipinski definition) is 0. The van der Waals surface area contributed by atoms with Gasteiger partial charge < -0.3 is 0 Å². The van der Waals surface area contributed by atoms with Crippen LogP contribution < -0.4 is 0 Å². The first-order valence-electron chi connectivity index (χ1n) is 5.68. The highest BCUT2D eigenvalue weighted by Crippen LogP contribution is 2.06. The highest BCUT2D eigenvalue weighted by Gasteiger charge is 1.87. The van der Waals surface area contributed by atoms with Crippen LogP contribution in [0.1, 0.15) is 51.9 Å². The monoisotopic (exact) mass is 194 g/mol. The maximum atomic E-state index is 9.92. The molecule has 0 fully saturated rings. The van der Waals surface area contributed by atoms with Crippen molar-refractivity contribution in [1.29, 1.82) is 0 Å². The summed E-state index contributed by atoms with van der Waals surface area (Å²) in [6.45, 7) is 2.24. The number of hydrogen-bond acceptors (Lipinski definition) is 1. The van der Waals surface area contributed by atoms with Crippen LogP contribution in [0.2, 0.25) is 0 Å². The molecule has 80 valence electrons. The van der Waals surface area contributed by atoms with Crippen molar-refractivity contribution >= 4 is 6.29 Å². The maximum Gasteiger partial charge on any atom is 0.142 e. The summed E-state index contributed by atoms with van der Waals surface area (Å²) in [4.78, 5) is 9.92. The van der Waals surface area contributed by atoms with Gasteiger partial charge in [-0.15, -0.1) is 0 Å². The van der Waals surface area contributed by atoms with E-state index in [-0.39, 0.29) is 0 Å². The molecule has 0 aliphatic carbocycles.